The first-order valence-corrected chi connectivity index (χ1v) is 9.90. The van der Waals surface area contributed by atoms with Gasteiger partial charge in [-0.3, -0.25) is 9.48 Å². The summed E-state index contributed by atoms with van der Waals surface area (Å²) < 4.78 is 8.48. The zero-order valence-corrected chi connectivity index (χ0v) is 17.6. The molecule has 1 N–H and O–H groups in total. The molecule has 0 atom stereocenters. The minimum Gasteiger partial charge on any atom is -0.496 e. The lowest BCUT2D eigenvalue weighted by Gasteiger charge is -2.11. The molecule has 0 saturated carbocycles. The van der Waals surface area contributed by atoms with Crippen molar-refractivity contribution in [2.24, 2.45) is 5.10 Å². The van der Waals surface area contributed by atoms with Gasteiger partial charge in [0.25, 0.3) is 5.91 Å². The van der Waals surface area contributed by atoms with Crippen molar-refractivity contribution < 1.29 is 9.53 Å². The molecule has 0 radical (unpaired) electrons. The summed E-state index contributed by atoms with van der Waals surface area (Å²) in [7, 11) is 1.63. The maximum atomic E-state index is 11.9. The van der Waals surface area contributed by atoms with E-state index in [2.05, 4.69) is 31.6 Å². The number of aryl methyl sites for hydroxylation is 1. The number of methoxy groups -OCH3 is 1. The summed E-state index contributed by atoms with van der Waals surface area (Å²) in [5.74, 6) is 0.521. The van der Waals surface area contributed by atoms with Crippen LogP contribution in [0, 0.1) is 13.8 Å². The molecule has 0 fully saturated rings. The minimum absolute atomic E-state index is 0.222. The first kappa shape index (κ1) is 19.3. The van der Waals surface area contributed by atoms with E-state index in [4.69, 9.17) is 4.74 Å². The highest BCUT2D eigenvalue weighted by Gasteiger charge is 2.12. The molecular formula is C19H19BrN4O2S. The second-order valence-corrected chi connectivity index (χ2v) is 7.63. The third-order valence-corrected chi connectivity index (χ3v) is 6.07. The van der Waals surface area contributed by atoms with E-state index < -0.39 is 0 Å². The predicted octanol–water partition coefficient (Wildman–Crippen LogP) is 4.14. The lowest BCUT2D eigenvalue weighted by Crippen LogP contribution is -2.16. The fraction of sp³-hybridized carbons (Fsp3) is 0.211. The van der Waals surface area contributed by atoms with E-state index in [1.807, 2.05) is 48.2 Å². The number of hydrazone groups is 1. The fourth-order valence-corrected chi connectivity index (χ4v) is 3.49. The van der Waals surface area contributed by atoms with E-state index in [1.165, 1.54) is 11.3 Å². The average Bonchev–Trinajstić information content (AvgIpc) is 3.28. The zero-order valence-electron chi connectivity index (χ0n) is 15.2. The number of thiophene rings is 1. The predicted molar refractivity (Wildman–Crippen MR) is 111 cm³/mol. The number of hydrogen-bond acceptors (Lipinski definition) is 5. The molecule has 140 valence electrons. The normalized spacial score (nSPS) is 11.1. The van der Waals surface area contributed by atoms with Gasteiger partial charge in [-0.15, -0.1) is 11.3 Å². The number of nitrogens with zero attached hydrogens (tertiary/aromatic N) is 3. The van der Waals surface area contributed by atoms with Crippen LogP contribution < -0.4 is 10.2 Å². The molecule has 0 spiro atoms. The average molecular weight is 447 g/mol. The van der Waals surface area contributed by atoms with Crippen molar-refractivity contribution in [3.05, 3.63) is 67.6 Å². The Kier molecular flexibility index (Phi) is 6.08. The lowest BCUT2D eigenvalue weighted by atomic mass is 10.1. The highest BCUT2D eigenvalue weighted by molar-refractivity contribution is 9.10. The molecule has 1 amide bonds. The van der Waals surface area contributed by atoms with Gasteiger partial charge in [-0.2, -0.15) is 10.2 Å². The van der Waals surface area contributed by atoms with Crippen LogP contribution in [0.4, 0.5) is 0 Å². The number of carbonyl (C=O) groups excluding carboxylic acids is 1. The molecule has 8 heteroatoms. The van der Waals surface area contributed by atoms with Crippen molar-refractivity contribution in [2.45, 2.75) is 20.4 Å². The molecule has 2 aromatic heterocycles. The number of hydrogen-bond donors (Lipinski definition) is 1. The largest absolute Gasteiger partial charge is 0.496 e. The topological polar surface area (TPSA) is 68.5 Å². The SMILES string of the molecule is COc1cc(/C=N/NC(=O)c2cccs2)ccc1Cn1nc(C)c(Br)c1C. The van der Waals surface area contributed by atoms with Gasteiger partial charge in [0.15, 0.2) is 0 Å². The summed E-state index contributed by atoms with van der Waals surface area (Å²) in [4.78, 5) is 12.5. The summed E-state index contributed by atoms with van der Waals surface area (Å²) in [6.07, 6.45) is 1.59. The molecule has 3 aromatic rings. The molecule has 0 bridgehead atoms. The summed E-state index contributed by atoms with van der Waals surface area (Å²) in [6.45, 7) is 4.59. The third kappa shape index (κ3) is 4.45. The Labute approximate surface area is 170 Å². The summed E-state index contributed by atoms with van der Waals surface area (Å²) in [5.41, 5.74) is 6.38. The standard InChI is InChI=1S/C19H19BrN4O2S/c1-12-18(20)13(2)24(23-12)11-15-7-6-14(9-16(15)26-3)10-21-22-19(25)17-5-4-8-27-17/h4-10H,11H2,1-3H3,(H,22,25)/b21-10+. The van der Waals surface area contributed by atoms with E-state index >= 15 is 0 Å². The summed E-state index contributed by atoms with van der Waals surface area (Å²) in [5, 5.41) is 10.4. The van der Waals surface area contributed by atoms with Gasteiger partial charge >= 0.3 is 0 Å². The molecule has 2 heterocycles. The molecule has 0 saturated heterocycles. The Morgan fingerprint density at radius 1 is 1.41 bits per heavy atom. The van der Waals surface area contributed by atoms with Crippen molar-refractivity contribution >= 4 is 39.4 Å². The number of carbonyl (C=O) groups is 1. The van der Waals surface area contributed by atoms with Gasteiger partial charge in [-0.25, -0.2) is 5.43 Å². The Morgan fingerprint density at radius 2 is 2.22 bits per heavy atom. The summed E-state index contributed by atoms with van der Waals surface area (Å²) in [6, 6.07) is 9.38. The van der Waals surface area contributed by atoms with Crippen molar-refractivity contribution in [1.29, 1.82) is 0 Å². The first-order valence-electron chi connectivity index (χ1n) is 8.23. The zero-order chi connectivity index (χ0) is 19.4. The van der Waals surface area contributed by atoms with Crippen LogP contribution in [0.2, 0.25) is 0 Å². The molecule has 27 heavy (non-hydrogen) atoms. The second-order valence-electron chi connectivity index (χ2n) is 5.89. The molecular weight excluding hydrogens is 428 g/mol. The van der Waals surface area contributed by atoms with Gasteiger partial charge in [0.05, 0.1) is 40.6 Å². The van der Waals surface area contributed by atoms with E-state index in [0.717, 1.165) is 32.7 Å². The Hall–Kier alpha value is -2.45. The maximum Gasteiger partial charge on any atom is 0.281 e. The molecule has 0 aliphatic carbocycles. The van der Waals surface area contributed by atoms with Gasteiger partial charge < -0.3 is 4.74 Å². The van der Waals surface area contributed by atoms with Gasteiger partial charge in [0.1, 0.15) is 5.75 Å². The van der Waals surface area contributed by atoms with E-state index in [-0.39, 0.29) is 5.91 Å². The molecule has 6 nitrogen and oxygen atoms in total. The highest BCUT2D eigenvalue weighted by atomic mass is 79.9. The van der Waals surface area contributed by atoms with Crippen LogP contribution in [-0.4, -0.2) is 29.0 Å². The maximum absolute atomic E-state index is 11.9. The van der Waals surface area contributed by atoms with Gasteiger partial charge in [0.2, 0.25) is 0 Å². The van der Waals surface area contributed by atoms with Crippen LogP contribution in [0.15, 0.2) is 45.3 Å². The number of halogens is 1. The Bertz CT molecular complexity index is 980. The van der Waals surface area contributed by atoms with E-state index in [1.54, 1.807) is 19.4 Å². The van der Waals surface area contributed by atoms with Gasteiger partial charge in [-0.1, -0.05) is 18.2 Å². The first-order chi connectivity index (χ1) is 13.0. The van der Waals surface area contributed by atoms with Crippen LogP contribution in [0.5, 0.6) is 5.75 Å². The number of benzene rings is 1. The number of aromatic nitrogens is 2. The minimum atomic E-state index is -0.222. The van der Waals surface area contributed by atoms with Crippen molar-refractivity contribution in [1.82, 2.24) is 15.2 Å². The summed E-state index contributed by atoms with van der Waals surface area (Å²) >= 11 is 4.92. The highest BCUT2D eigenvalue weighted by Crippen LogP contribution is 2.24. The van der Waals surface area contributed by atoms with Crippen molar-refractivity contribution in [2.75, 3.05) is 7.11 Å². The van der Waals surface area contributed by atoms with Gasteiger partial charge in [-0.05, 0) is 52.9 Å². The lowest BCUT2D eigenvalue weighted by molar-refractivity contribution is 0.0959. The fourth-order valence-electron chi connectivity index (χ4n) is 2.59. The van der Waals surface area contributed by atoms with E-state index in [9.17, 15) is 4.79 Å². The Balaban J connectivity index is 1.73. The van der Waals surface area contributed by atoms with Crippen LogP contribution in [0.3, 0.4) is 0 Å². The molecule has 3 rings (SSSR count). The molecule has 0 aliphatic heterocycles. The number of amides is 1. The van der Waals surface area contributed by atoms with Crippen LogP contribution in [0.25, 0.3) is 0 Å². The van der Waals surface area contributed by atoms with Crippen molar-refractivity contribution in [3.63, 3.8) is 0 Å². The monoisotopic (exact) mass is 446 g/mol. The molecule has 0 unspecified atom stereocenters. The molecule has 0 aliphatic rings. The molecule has 1 aromatic carbocycles. The van der Waals surface area contributed by atoms with Crippen LogP contribution >= 0.6 is 27.3 Å². The van der Waals surface area contributed by atoms with E-state index in [0.29, 0.717) is 11.4 Å². The van der Waals surface area contributed by atoms with Crippen molar-refractivity contribution in [3.8, 4) is 5.75 Å². The number of ether oxygens (including phenoxy) is 1. The second kappa shape index (κ2) is 8.49. The number of nitrogens with one attached hydrogen (secondary N) is 1. The number of rotatable bonds is 6. The Morgan fingerprint density at radius 3 is 2.85 bits per heavy atom. The third-order valence-electron chi connectivity index (χ3n) is 4.05. The quantitative estimate of drug-likeness (QED) is 0.456. The van der Waals surface area contributed by atoms with Crippen LogP contribution in [-0.2, 0) is 6.54 Å². The van der Waals surface area contributed by atoms with Crippen LogP contribution in [0.1, 0.15) is 32.2 Å². The van der Waals surface area contributed by atoms with Gasteiger partial charge in [0, 0.05) is 5.56 Å². The smallest absolute Gasteiger partial charge is 0.281 e.